The third-order valence-electron chi connectivity index (χ3n) is 4.01. The van der Waals surface area contributed by atoms with E-state index in [-0.39, 0.29) is 12.5 Å². The number of fused-ring (bicyclic) bond motifs is 1. The molecule has 0 atom stereocenters. The second-order valence-electron chi connectivity index (χ2n) is 5.59. The summed E-state index contributed by atoms with van der Waals surface area (Å²) in [6, 6.07) is 4.14. The highest BCUT2D eigenvalue weighted by Crippen LogP contribution is 2.34. The highest BCUT2D eigenvalue weighted by atomic mass is 19.1. The number of aryl methyl sites for hydroxylation is 1. The van der Waals surface area contributed by atoms with Gasteiger partial charge in [-0.3, -0.25) is 4.79 Å². The zero-order valence-electron chi connectivity index (χ0n) is 13.6. The van der Waals surface area contributed by atoms with E-state index >= 15 is 0 Å². The summed E-state index contributed by atoms with van der Waals surface area (Å²) in [5.41, 5.74) is 3.86. The van der Waals surface area contributed by atoms with Gasteiger partial charge in [0.1, 0.15) is 5.82 Å². The van der Waals surface area contributed by atoms with Crippen molar-refractivity contribution in [2.24, 2.45) is 0 Å². The van der Waals surface area contributed by atoms with Crippen molar-refractivity contribution in [3.63, 3.8) is 0 Å². The topological polar surface area (TPSA) is 71.2 Å². The minimum Gasteiger partial charge on any atom is -0.462 e. The van der Waals surface area contributed by atoms with Crippen LogP contribution in [-0.4, -0.2) is 23.5 Å². The maximum atomic E-state index is 13.5. The Kier molecular flexibility index (Phi) is 3.97. The van der Waals surface area contributed by atoms with E-state index in [1.165, 1.54) is 18.2 Å². The van der Waals surface area contributed by atoms with Crippen LogP contribution in [-0.2, 0) is 9.53 Å². The fourth-order valence-electron chi connectivity index (χ4n) is 2.88. The Bertz CT molecular complexity index is 881. The third kappa shape index (κ3) is 2.60. The second-order valence-corrected chi connectivity index (χ2v) is 5.59. The van der Waals surface area contributed by atoms with Gasteiger partial charge in [0.25, 0.3) is 5.91 Å². The molecule has 5 nitrogen and oxygen atoms in total. The molecule has 0 aliphatic carbocycles. The maximum Gasteiger partial charge on any atom is 0.340 e. The van der Waals surface area contributed by atoms with Gasteiger partial charge in [-0.1, -0.05) is 0 Å². The number of aromatic nitrogens is 1. The first-order valence-electron chi connectivity index (χ1n) is 7.61. The van der Waals surface area contributed by atoms with E-state index in [0.717, 1.165) is 0 Å². The van der Waals surface area contributed by atoms with E-state index in [0.29, 0.717) is 39.3 Å². The molecule has 124 valence electrons. The molecular formula is C18H17FN2O3. The van der Waals surface area contributed by atoms with Crippen LogP contribution in [0.1, 0.15) is 39.8 Å². The van der Waals surface area contributed by atoms with Crippen molar-refractivity contribution in [2.75, 3.05) is 11.9 Å². The Morgan fingerprint density at radius 2 is 2.08 bits per heavy atom. The maximum absolute atomic E-state index is 13.5. The van der Waals surface area contributed by atoms with Gasteiger partial charge in [-0.2, -0.15) is 0 Å². The van der Waals surface area contributed by atoms with Crippen molar-refractivity contribution >= 4 is 29.2 Å². The molecule has 1 aromatic carbocycles. The fourth-order valence-corrected chi connectivity index (χ4v) is 2.88. The van der Waals surface area contributed by atoms with Crippen LogP contribution in [0.25, 0.3) is 11.6 Å². The minimum atomic E-state index is -0.414. The zero-order valence-corrected chi connectivity index (χ0v) is 13.6. The lowest BCUT2D eigenvalue weighted by atomic mass is 10.0. The van der Waals surface area contributed by atoms with Crippen LogP contribution in [0, 0.1) is 19.7 Å². The summed E-state index contributed by atoms with van der Waals surface area (Å²) in [5.74, 6) is -1.13. The number of amides is 1. The molecule has 0 saturated heterocycles. The van der Waals surface area contributed by atoms with Crippen molar-refractivity contribution in [3.8, 4) is 0 Å². The summed E-state index contributed by atoms with van der Waals surface area (Å²) >= 11 is 0. The average Bonchev–Trinajstić information content (AvgIpc) is 2.97. The van der Waals surface area contributed by atoms with Crippen LogP contribution in [0.2, 0.25) is 0 Å². The number of anilines is 1. The predicted octanol–water partition coefficient (Wildman–Crippen LogP) is 3.44. The number of esters is 1. The number of benzene rings is 1. The first-order valence-corrected chi connectivity index (χ1v) is 7.61. The second kappa shape index (κ2) is 5.96. The summed E-state index contributed by atoms with van der Waals surface area (Å²) in [6.07, 6.45) is 1.63. The van der Waals surface area contributed by atoms with Crippen molar-refractivity contribution < 1.29 is 18.7 Å². The molecule has 1 aliphatic rings. The summed E-state index contributed by atoms with van der Waals surface area (Å²) in [5, 5.41) is 2.70. The van der Waals surface area contributed by atoms with E-state index in [1.54, 1.807) is 26.8 Å². The van der Waals surface area contributed by atoms with E-state index in [1.807, 2.05) is 0 Å². The molecule has 0 unspecified atom stereocenters. The number of nitrogens with one attached hydrogen (secondary N) is 2. The van der Waals surface area contributed by atoms with Crippen LogP contribution in [0.5, 0.6) is 0 Å². The molecule has 6 heteroatoms. The Hall–Kier alpha value is -2.89. The van der Waals surface area contributed by atoms with E-state index in [2.05, 4.69) is 10.3 Å². The molecule has 0 spiro atoms. The molecule has 24 heavy (non-hydrogen) atoms. The number of ether oxygens (including phenoxy) is 1. The first kappa shape index (κ1) is 16.0. The van der Waals surface area contributed by atoms with Crippen LogP contribution < -0.4 is 5.32 Å². The molecule has 1 aliphatic heterocycles. The van der Waals surface area contributed by atoms with Crippen LogP contribution >= 0.6 is 0 Å². The lowest BCUT2D eigenvalue weighted by molar-refractivity contribution is -0.110. The smallest absolute Gasteiger partial charge is 0.340 e. The Morgan fingerprint density at radius 3 is 2.79 bits per heavy atom. The third-order valence-corrected chi connectivity index (χ3v) is 4.01. The summed E-state index contributed by atoms with van der Waals surface area (Å²) < 4.78 is 18.6. The van der Waals surface area contributed by atoms with Gasteiger partial charge in [0.05, 0.1) is 17.7 Å². The highest BCUT2D eigenvalue weighted by molar-refractivity contribution is 6.34. The first-order chi connectivity index (χ1) is 11.4. The fraction of sp³-hybridized carbons (Fsp3) is 0.222. The van der Waals surface area contributed by atoms with E-state index < -0.39 is 11.8 Å². The summed E-state index contributed by atoms with van der Waals surface area (Å²) in [4.78, 5) is 27.3. The SMILES string of the molecule is CCOC(=O)c1c(C)[nH]c(/C=C2\C(=O)Nc3ccc(F)cc32)c1C. The number of aromatic amines is 1. The number of rotatable bonds is 3. The molecule has 2 N–H and O–H groups in total. The molecule has 0 bridgehead atoms. The lowest BCUT2D eigenvalue weighted by Gasteiger charge is -2.02. The molecule has 1 aromatic heterocycles. The minimum absolute atomic E-state index is 0.286. The van der Waals surface area contributed by atoms with Crippen molar-refractivity contribution in [1.82, 2.24) is 4.98 Å². The van der Waals surface area contributed by atoms with Crippen LogP contribution in [0.15, 0.2) is 18.2 Å². The van der Waals surface area contributed by atoms with Crippen molar-refractivity contribution in [2.45, 2.75) is 20.8 Å². The normalized spacial score (nSPS) is 14.7. The molecule has 0 radical (unpaired) electrons. The van der Waals surface area contributed by atoms with Crippen LogP contribution in [0.4, 0.5) is 10.1 Å². The molecule has 2 aromatic rings. The molecular weight excluding hydrogens is 311 g/mol. The van der Waals surface area contributed by atoms with Gasteiger partial charge < -0.3 is 15.0 Å². The number of hydrogen-bond acceptors (Lipinski definition) is 3. The van der Waals surface area contributed by atoms with Gasteiger partial charge in [-0.25, -0.2) is 9.18 Å². The van der Waals surface area contributed by atoms with Gasteiger partial charge >= 0.3 is 5.97 Å². The predicted molar refractivity (Wildman–Crippen MR) is 89.1 cm³/mol. The molecule has 1 amide bonds. The van der Waals surface area contributed by atoms with E-state index in [9.17, 15) is 14.0 Å². The monoisotopic (exact) mass is 328 g/mol. The quantitative estimate of drug-likeness (QED) is 0.670. The van der Waals surface area contributed by atoms with Gasteiger partial charge in [0.15, 0.2) is 0 Å². The molecule has 2 heterocycles. The molecule has 0 fully saturated rings. The number of halogens is 1. The Labute approximate surface area is 138 Å². The highest BCUT2D eigenvalue weighted by Gasteiger charge is 2.26. The van der Waals surface area contributed by atoms with Crippen molar-refractivity contribution in [3.05, 3.63) is 52.1 Å². The Balaban J connectivity index is 2.08. The number of carbonyl (C=O) groups excluding carboxylic acids is 2. The van der Waals surface area contributed by atoms with Crippen molar-refractivity contribution in [1.29, 1.82) is 0 Å². The standard InChI is InChI=1S/C18H17FN2O3/c1-4-24-18(23)16-9(2)15(20-10(16)3)8-13-12-7-11(19)5-6-14(12)21-17(13)22/h5-8,20H,4H2,1-3H3,(H,21,22)/b13-8-. The number of carbonyl (C=O) groups is 2. The van der Waals surface area contributed by atoms with Crippen LogP contribution in [0.3, 0.4) is 0 Å². The summed E-state index contributed by atoms with van der Waals surface area (Å²) in [7, 11) is 0. The lowest BCUT2D eigenvalue weighted by Crippen LogP contribution is -2.06. The van der Waals surface area contributed by atoms with Gasteiger partial charge in [0.2, 0.25) is 0 Å². The molecule has 0 saturated carbocycles. The van der Waals surface area contributed by atoms with E-state index in [4.69, 9.17) is 4.74 Å². The average molecular weight is 328 g/mol. The Morgan fingerprint density at radius 1 is 1.33 bits per heavy atom. The summed E-state index contributed by atoms with van der Waals surface area (Å²) in [6.45, 7) is 5.58. The molecule has 3 rings (SSSR count). The number of H-pyrrole nitrogens is 1. The number of hydrogen-bond donors (Lipinski definition) is 2. The zero-order chi connectivity index (χ0) is 17.4. The largest absolute Gasteiger partial charge is 0.462 e. The van der Waals surface area contributed by atoms with Gasteiger partial charge in [0, 0.05) is 22.6 Å². The van der Waals surface area contributed by atoms with Gasteiger partial charge in [-0.15, -0.1) is 0 Å². The van der Waals surface area contributed by atoms with Gasteiger partial charge in [-0.05, 0) is 50.6 Å².